The molecule has 4 nitrogen and oxygen atoms in total. The number of carbonyl (C=O) groups is 1. The van der Waals surface area contributed by atoms with Gasteiger partial charge in [-0.05, 0) is 31.9 Å². The minimum Gasteiger partial charge on any atom is -0.323 e. The van der Waals surface area contributed by atoms with Crippen molar-refractivity contribution in [3.63, 3.8) is 0 Å². The lowest BCUT2D eigenvalue weighted by Crippen LogP contribution is -2.35. The van der Waals surface area contributed by atoms with Crippen LogP contribution in [0.2, 0.25) is 0 Å². The fourth-order valence-corrected chi connectivity index (χ4v) is 2.01. The van der Waals surface area contributed by atoms with Crippen molar-refractivity contribution in [2.24, 2.45) is 0 Å². The molecule has 4 heteroatoms. The van der Waals surface area contributed by atoms with Gasteiger partial charge >= 0.3 is 0 Å². The zero-order chi connectivity index (χ0) is 11.5. The first-order chi connectivity index (χ1) is 7.74. The van der Waals surface area contributed by atoms with Gasteiger partial charge in [-0.2, -0.15) is 5.26 Å². The van der Waals surface area contributed by atoms with Crippen LogP contribution in [0.5, 0.6) is 0 Å². The van der Waals surface area contributed by atoms with Crippen molar-refractivity contribution in [3.8, 4) is 6.07 Å². The number of nitrogens with zero attached hydrogens (tertiary/aromatic N) is 3. The van der Waals surface area contributed by atoms with Crippen LogP contribution >= 0.6 is 0 Å². The highest BCUT2D eigenvalue weighted by Crippen LogP contribution is 2.20. The fourth-order valence-electron chi connectivity index (χ4n) is 2.01. The molecular formula is C12H13N3O. The summed E-state index contributed by atoms with van der Waals surface area (Å²) >= 11 is 0. The largest absolute Gasteiger partial charge is 0.323 e. The van der Waals surface area contributed by atoms with Gasteiger partial charge in [-0.25, -0.2) is 0 Å². The highest BCUT2D eigenvalue weighted by atomic mass is 16.2. The molecule has 16 heavy (non-hydrogen) atoms. The number of amides is 1. The number of likely N-dealkylation sites (tertiary alicyclic amines) is 1. The normalized spacial score (nSPS) is 19.5. The topological polar surface area (TPSA) is 57.0 Å². The molecule has 1 saturated heterocycles. The monoisotopic (exact) mass is 215 g/mol. The van der Waals surface area contributed by atoms with E-state index in [1.54, 1.807) is 23.2 Å². The lowest BCUT2D eigenvalue weighted by atomic mass is 10.1. The SMILES string of the molecule is Cc1ncccc1C(=O)N1CCCC1C#N. The summed E-state index contributed by atoms with van der Waals surface area (Å²) in [7, 11) is 0. The molecule has 0 aromatic carbocycles. The third-order valence-corrected chi connectivity index (χ3v) is 2.90. The molecule has 1 aromatic rings. The van der Waals surface area contributed by atoms with E-state index < -0.39 is 0 Å². The van der Waals surface area contributed by atoms with E-state index in [0.717, 1.165) is 18.5 Å². The first-order valence-corrected chi connectivity index (χ1v) is 5.36. The molecule has 0 aliphatic carbocycles. The van der Waals surface area contributed by atoms with Gasteiger partial charge in [0.1, 0.15) is 6.04 Å². The predicted octanol–water partition coefficient (Wildman–Crippen LogP) is 1.52. The van der Waals surface area contributed by atoms with E-state index in [0.29, 0.717) is 12.1 Å². The quantitative estimate of drug-likeness (QED) is 0.713. The number of carbonyl (C=O) groups excluding carboxylic acids is 1. The molecule has 0 spiro atoms. The van der Waals surface area contributed by atoms with Crippen LogP contribution in [0.15, 0.2) is 18.3 Å². The van der Waals surface area contributed by atoms with Crippen molar-refractivity contribution >= 4 is 5.91 Å². The number of nitriles is 1. The van der Waals surface area contributed by atoms with Gasteiger partial charge in [0.25, 0.3) is 5.91 Å². The van der Waals surface area contributed by atoms with Gasteiger partial charge < -0.3 is 4.90 Å². The number of pyridine rings is 1. The Morgan fingerprint density at radius 1 is 1.69 bits per heavy atom. The Labute approximate surface area is 94.5 Å². The molecule has 0 saturated carbocycles. The number of aromatic nitrogens is 1. The van der Waals surface area contributed by atoms with Gasteiger partial charge in [0, 0.05) is 18.4 Å². The summed E-state index contributed by atoms with van der Waals surface area (Å²) in [6, 6.07) is 5.41. The van der Waals surface area contributed by atoms with E-state index in [4.69, 9.17) is 5.26 Å². The molecule has 1 unspecified atom stereocenters. The highest BCUT2D eigenvalue weighted by molar-refractivity contribution is 5.95. The Hall–Kier alpha value is -1.89. The number of rotatable bonds is 1. The van der Waals surface area contributed by atoms with Crippen LogP contribution in [0.4, 0.5) is 0 Å². The summed E-state index contributed by atoms with van der Waals surface area (Å²) in [6.45, 7) is 2.48. The summed E-state index contributed by atoms with van der Waals surface area (Å²) in [4.78, 5) is 17.9. The van der Waals surface area contributed by atoms with E-state index in [9.17, 15) is 4.79 Å². The zero-order valence-corrected chi connectivity index (χ0v) is 9.18. The van der Waals surface area contributed by atoms with E-state index >= 15 is 0 Å². The molecule has 1 aliphatic heterocycles. The summed E-state index contributed by atoms with van der Waals surface area (Å²) < 4.78 is 0. The third-order valence-electron chi connectivity index (χ3n) is 2.90. The summed E-state index contributed by atoms with van der Waals surface area (Å²) in [5.74, 6) is -0.0744. The highest BCUT2D eigenvalue weighted by Gasteiger charge is 2.29. The molecule has 1 aromatic heterocycles. The predicted molar refractivity (Wildman–Crippen MR) is 58.6 cm³/mol. The molecule has 1 atom stereocenters. The van der Waals surface area contributed by atoms with Crippen molar-refractivity contribution in [2.75, 3.05) is 6.54 Å². The number of hydrogen-bond donors (Lipinski definition) is 0. The van der Waals surface area contributed by atoms with Gasteiger partial charge in [-0.15, -0.1) is 0 Å². The molecule has 1 amide bonds. The zero-order valence-electron chi connectivity index (χ0n) is 9.18. The minimum absolute atomic E-state index is 0.0744. The van der Waals surface area contributed by atoms with Gasteiger partial charge in [-0.3, -0.25) is 9.78 Å². The minimum atomic E-state index is -0.271. The Bertz CT molecular complexity index is 450. The van der Waals surface area contributed by atoms with Crippen LogP contribution in [0.1, 0.15) is 28.9 Å². The third kappa shape index (κ3) is 1.76. The first-order valence-electron chi connectivity index (χ1n) is 5.36. The summed E-state index contributed by atoms with van der Waals surface area (Å²) in [5, 5.41) is 8.94. The van der Waals surface area contributed by atoms with Crippen molar-refractivity contribution in [3.05, 3.63) is 29.6 Å². The maximum Gasteiger partial charge on any atom is 0.256 e. The molecular weight excluding hydrogens is 202 g/mol. The first kappa shape index (κ1) is 10.6. The molecule has 0 N–H and O–H groups in total. The lowest BCUT2D eigenvalue weighted by Gasteiger charge is -2.19. The molecule has 2 rings (SSSR count). The van der Waals surface area contributed by atoms with E-state index in [1.165, 1.54) is 0 Å². The van der Waals surface area contributed by atoms with Crippen molar-refractivity contribution in [1.82, 2.24) is 9.88 Å². The van der Waals surface area contributed by atoms with Crippen LogP contribution in [0.25, 0.3) is 0 Å². The number of aryl methyl sites for hydroxylation is 1. The average Bonchev–Trinajstić information content (AvgIpc) is 2.77. The van der Waals surface area contributed by atoms with Crippen LogP contribution in [0, 0.1) is 18.3 Å². The van der Waals surface area contributed by atoms with Crippen molar-refractivity contribution in [2.45, 2.75) is 25.8 Å². The van der Waals surface area contributed by atoms with Crippen molar-refractivity contribution < 1.29 is 4.79 Å². The molecule has 0 bridgehead atoms. The summed E-state index contributed by atoms with van der Waals surface area (Å²) in [5.41, 5.74) is 1.32. The van der Waals surface area contributed by atoms with E-state index in [2.05, 4.69) is 11.1 Å². The second-order valence-corrected chi connectivity index (χ2v) is 3.92. The second-order valence-electron chi connectivity index (χ2n) is 3.92. The average molecular weight is 215 g/mol. The van der Waals surface area contributed by atoms with Crippen molar-refractivity contribution in [1.29, 1.82) is 5.26 Å². The smallest absolute Gasteiger partial charge is 0.256 e. The summed E-state index contributed by atoms with van der Waals surface area (Å²) in [6.07, 6.45) is 3.35. The lowest BCUT2D eigenvalue weighted by molar-refractivity contribution is 0.0763. The molecule has 0 radical (unpaired) electrons. The van der Waals surface area contributed by atoms with E-state index in [1.807, 2.05) is 6.92 Å². The molecule has 1 aliphatic rings. The molecule has 2 heterocycles. The van der Waals surface area contributed by atoms with Crippen LogP contribution < -0.4 is 0 Å². The Morgan fingerprint density at radius 3 is 3.19 bits per heavy atom. The van der Waals surface area contributed by atoms with Gasteiger partial charge in [0.2, 0.25) is 0 Å². The second kappa shape index (κ2) is 4.31. The number of hydrogen-bond acceptors (Lipinski definition) is 3. The van der Waals surface area contributed by atoms with Crippen LogP contribution in [-0.4, -0.2) is 28.4 Å². The molecule has 1 fully saturated rings. The van der Waals surface area contributed by atoms with Gasteiger partial charge in [0.05, 0.1) is 11.6 Å². The van der Waals surface area contributed by atoms with Crippen LogP contribution in [-0.2, 0) is 0 Å². The van der Waals surface area contributed by atoms with Gasteiger partial charge in [0.15, 0.2) is 0 Å². The van der Waals surface area contributed by atoms with Gasteiger partial charge in [-0.1, -0.05) is 0 Å². The van der Waals surface area contributed by atoms with E-state index in [-0.39, 0.29) is 11.9 Å². The maximum absolute atomic E-state index is 12.2. The molecule has 82 valence electrons. The Balaban J connectivity index is 2.26. The Morgan fingerprint density at radius 2 is 2.50 bits per heavy atom. The standard InChI is InChI=1S/C12H13N3O/c1-9-11(5-2-6-14-9)12(16)15-7-3-4-10(15)8-13/h2,5-6,10H,3-4,7H2,1H3. The fraction of sp³-hybridized carbons (Fsp3) is 0.417. The Kier molecular flexibility index (Phi) is 2.86. The van der Waals surface area contributed by atoms with Crippen LogP contribution in [0.3, 0.4) is 0 Å². The maximum atomic E-state index is 12.2.